The van der Waals surface area contributed by atoms with Crippen molar-refractivity contribution in [2.24, 2.45) is 5.92 Å². The molecule has 6 nitrogen and oxygen atoms in total. The first-order chi connectivity index (χ1) is 14.2. The number of aromatic nitrogens is 1. The summed E-state index contributed by atoms with van der Waals surface area (Å²) in [6.07, 6.45) is -1.77. The summed E-state index contributed by atoms with van der Waals surface area (Å²) in [5.74, 6) is -0.706. The van der Waals surface area contributed by atoms with Crippen molar-refractivity contribution in [2.75, 3.05) is 19.7 Å². The first-order valence-corrected chi connectivity index (χ1v) is 10.3. The second-order valence-corrected chi connectivity index (χ2v) is 7.90. The largest absolute Gasteiger partial charge is 0.573 e. The molecule has 1 aromatic heterocycles. The van der Waals surface area contributed by atoms with Crippen LogP contribution in [0.15, 0.2) is 30.5 Å². The summed E-state index contributed by atoms with van der Waals surface area (Å²) < 4.78 is 45.6. The summed E-state index contributed by atoms with van der Waals surface area (Å²) in [5.41, 5.74) is 0.642. The molecule has 1 aliphatic rings. The summed E-state index contributed by atoms with van der Waals surface area (Å²) in [6.45, 7) is 3.14. The lowest BCUT2D eigenvalue weighted by Crippen LogP contribution is -2.41. The van der Waals surface area contributed by atoms with E-state index >= 15 is 0 Å². The Balaban J connectivity index is 1.54. The molecule has 0 spiro atoms. The SMILES string of the molecule is CCOC(=O)C1CCN(C(=O)Cc2cnc(-c3ccc(OC(F)(F)F)cc3)s2)CC1. The highest BCUT2D eigenvalue weighted by Crippen LogP contribution is 2.29. The van der Waals surface area contributed by atoms with Gasteiger partial charge in [-0.1, -0.05) is 0 Å². The number of likely N-dealkylation sites (tertiary alicyclic amines) is 1. The molecule has 0 saturated carbocycles. The number of carbonyl (C=O) groups is 2. The lowest BCUT2D eigenvalue weighted by Gasteiger charge is -2.30. The standard InChI is InChI=1S/C20H21F3N2O4S/c1-2-28-19(27)14-7-9-25(10-8-14)17(26)11-16-12-24-18(30-16)13-3-5-15(6-4-13)29-20(21,22)23/h3-6,12,14H,2,7-11H2,1H3. The molecular formula is C20H21F3N2O4S. The van der Waals surface area contributed by atoms with Crippen LogP contribution in [0.5, 0.6) is 5.75 Å². The lowest BCUT2D eigenvalue weighted by atomic mass is 9.97. The van der Waals surface area contributed by atoms with Gasteiger partial charge in [-0.2, -0.15) is 0 Å². The highest BCUT2D eigenvalue weighted by molar-refractivity contribution is 7.15. The Morgan fingerprint density at radius 3 is 2.47 bits per heavy atom. The second kappa shape index (κ2) is 9.46. The fraction of sp³-hybridized carbons (Fsp3) is 0.450. The average Bonchev–Trinajstić information content (AvgIpc) is 3.16. The minimum atomic E-state index is -4.74. The van der Waals surface area contributed by atoms with Gasteiger partial charge in [0.25, 0.3) is 0 Å². The molecule has 0 N–H and O–H groups in total. The van der Waals surface area contributed by atoms with Crippen LogP contribution in [0.1, 0.15) is 24.6 Å². The Kier molecular flexibility index (Phi) is 6.96. The van der Waals surface area contributed by atoms with Crippen LogP contribution in [0, 0.1) is 5.92 Å². The molecule has 3 rings (SSSR count). The quantitative estimate of drug-likeness (QED) is 0.632. The van der Waals surface area contributed by atoms with Crippen molar-refractivity contribution in [2.45, 2.75) is 32.5 Å². The van der Waals surface area contributed by atoms with Crippen LogP contribution in [-0.2, 0) is 20.7 Å². The van der Waals surface area contributed by atoms with E-state index in [2.05, 4.69) is 9.72 Å². The molecule has 2 heterocycles. The van der Waals surface area contributed by atoms with Gasteiger partial charge in [-0.15, -0.1) is 24.5 Å². The monoisotopic (exact) mass is 442 g/mol. The summed E-state index contributed by atoms with van der Waals surface area (Å²) in [6, 6.07) is 5.43. The van der Waals surface area contributed by atoms with E-state index in [1.807, 2.05) is 0 Å². The second-order valence-electron chi connectivity index (χ2n) is 6.79. The van der Waals surface area contributed by atoms with Gasteiger partial charge in [0, 0.05) is 29.7 Å². The highest BCUT2D eigenvalue weighted by Gasteiger charge is 2.31. The Morgan fingerprint density at radius 1 is 1.20 bits per heavy atom. The van der Waals surface area contributed by atoms with E-state index in [4.69, 9.17) is 4.74 Å². The zero-order valence-corrected chi connectivity index (χ0v) is 17.1. The molecule has 0 bridgehead atoms. The predicted molar refractivity (Wildman–Crippen MR) is 104 cm³/mol. The highest BCUT2D eigenvalue weighted by atomic mass is 32.1. The number of hydrogen-bond acceptors (Lipinski definition) is 6. The number of carbonyl (C=O) groups excluding carboxylic acids is 2. The minimum Gasteiger partial charge on any atom is -0.466 e. The third kappa shape index (κ3) is 5.94. The Morgan fingerprint density at radius 2 is 1.87 bits per heavy atom. The average molecular weight is 442 g/mol. The van der Waals surface area contributed by atoms with Gasteiger partial charge in [-0.05, 0) is 44.0 Å². The normalized spacial score (nSPS) is 15.1. The smallest absolute Gasteiger partial charge is 0.466 e. The molecular weight excluding hydrogens is 421 g/mol. The first-order valence-electron chi connectivity index (χ1n) is 9.50. The topological polar surface area (TPSA) is 68.7 Å². The molecule has 1 aliphatic heterocycles. The van der Waals surface area contributed by atoms with Gasteiger partial charge in [0.15, 0.2) is 0 Å². The number of esters is 1. The number of benzene rings is 1. The van der Waals surface area contributed by atoms with Crippen molar-refractivity contribution >= 4 is 23.2 Å². The molecule has 0 radical (unpaired) electrons. The molecule has 0 aliphatic carbocycles. The molecule has 1 aromatic carbocycles. The fourth-order valence-electron chi connectivity index (χ4n) is 3.21. The number of thiazole rings is 1. The van der Waals surface area contributed by atoms with Crippen molar-refractivity contribution in [3.8, 4) is 16.3 Å². The third-order valence-electron chi connectivity index (χ3n) is 4.68. The molecule has 1 saturated heterocycles. The molecule has 1 amide bonds. The molecule has 0 unspecified atom stereocenters. The number of alkyl halides is 3. The van der Waals surface area contributed by atoms with E-state index in [0.29, 0.717) is 43.1 Å². The number of piperidine rings is 1. The van der Waals surface area contributed by atoms with Crippen LogP contribution in [-0.4, -0.2) is 47.8 Å². The molecule has 0 atom stereocenters. The van der Waals surface area contributed by atoms with E-state index in [-0.39, 0.29) is 30.0 Å². The molecule has 30 heavy (non-hydrogen) atoms. The van der Waals surface area contributed by atoms with Gasteiger partial charge in [0.1, 0.15) is 10.8 Å². The summed E-state index contributed by atoms with van der Waals surface area (Å²) in [5, 5.41) is 0.609. The van der Waals surface area contributed by atoms with Crippen LogP contribution in [0.3, 0.4) is 0 Å². The van der Waals surface area contributed by atoms with Crippen LogP contribution in [0.25, 0.3) is 10.6 Å². The van der Waals surface area contributed by atoms with Crippen LogP contribution in [0.4, 0.5) is 13.2 Å². The maximum absolute atomic E-state index is 12.6. The Bertz CT molecular complexity index is 875. The van der Waals surface area contributed by atoms with Crippen molar-refractivity contribution in [3.05, 3.63) is 35.3 Å². The van der Waals surface area contributed by atoms with Gasteiger partial charge in [-0.3, -0.25) is 9.59 Å². The third-order valence-corrected chi connectivity index (χ3v) is 5.73. The van der Waals surface area contributed by atoms with Gasteiger partial charge in [0.05, 0.1) is 18.9 Å². The number of rotatable bonds is 6. The molecule has 2 aromatic rings. The van der Waals surface area contributed by atoms with Crippen molar-refractivity contribution in [1.29, 1.82) is 0 Å². The lowest BCUT2D eigenvalue weighted by molar-refractivity contribution is -0.274. The van der Waals surface area contributed by atoms with E-state index in [1.165, 1.54) is 35.6 Å². The van der Waals surface area contributed by atoms with E-state index < -0.39 is 6.36 Å². The summed E-state index contributed by atoms with van der Waals surface area (Å²) in [4.78, 5) is 31.1. The van der Waals surface area contributed by atoms with Crippen LogP contribution < -0.4 is 4.74 Å². The minimum absolute atomic E-state index is 0.0403. The number of nitrogens with zero attached hydrogens (tertiary/aromatic N) is 2. The predicted octanol–water partition coefficient (Wildman–Crippen LogP) is 4.05. The molecule has 162 valence electrons. The van der Waals surface area contributed by atoms with E-state index in [1.54, 1.807) is 18.0 Å². The number of halogens is 3. The number of ether oxygens (including phenoxy) is 2. The number of amides is 1. The zero-order chi connectivity index (χ0) is 21.7. The van der Waals surface area contributed by atoms with Crippen LogP contribution >= 0.6 is 11.3 Å². The van der Waals surface area contributed by atoms with Gasteiger partial charge >= 0.3 is 12.3 Å². The molecule has 1 fully saturated rings. The molecule has 10 heteroatoms. The fourth-order valence-corrected chi connectivity index (χ4v) is 4.12. The zero-order valence-electron chi connectivity index (χ0n) is 16.3. The van der Waals surface area contributed by atoms with Gasteiger partial charge < -0.3 is 14.4 Å². The number of hydrogen-bond donors (Lipinski definition) is 0. The van der Waals surface area contributed by atoms with E-state index in [9.17, 15) is 22.8 Å². The summed E-state index contributed by atoms with van der Waals surface area (Å²) in [7, 11) is 0. The maximum atomic E-state index is 12.6. The van der Waals surface area contributed by atoms with Gasteiger partial charge in [0.2, 0.25) is 5.91 Å². The Labute approximate surface area is 175 Å². The van der Waals surface area contributed by atoms with Gasteiger partial charge in [-0.25, -0.2) is 4.98 Å². The first kappa shape index (κ1) is 22.1. The van der Waals surface area contributed by atoms with Crippen molar-refractivity contribution < 1.29 is 32.2 Å². The maximum Gasteiger partial charge on any atom is 0.573 e. The van der Waals surface area contributed by atoms with E-state index in [0.717, 1.165) is 4.88 Å². The Hall–Kier alpha value is -2.62. The van der Waals surface area contributed by atoms with Crippen LogP contribution in [0.2, 0.25) is 0 Å². The summed E-state index contributed by atoms with van der Waals surface area (Å²) >= 11 is 1.31. The van der Waals surface area contributed by atoms with Crippen molar-refractivity contribution in [3.63, 3.8) is 0 Å². The van der Waals surface area contributed by atoms with Crippen molar-refractivity contribution in [1.82, 2.24) is 9.88 Å².